The third kappa shape index (κ3) is 4.34. The number of hydrogen-bond acceptors (Lipinski definition) is 3. The van der Waals surface area contributed by atoms with Gasteiger partial charge in [-0.3, -0.25) is 0 Å². The number of fused-ring (bicyclic) bond motifs is 3. The molecule has 0 aliphatic heterocycles. The minimum atomic E-state index is -0.411. The lowest BCUT2D eigenvalue weighted by atomic mass is 10.1. The van der Waals surface area contributed by atoms with Crippen LogP contribution in [-0.2, 0) is 0 Å². The van der Waals surface area contributed by atoms with Crippen LogP contribution in [0.3, 0.4) is 0 Å². The molecule has 2 nitrogen and oxygen atoms in total. The van der Waals surface area contributed by atoms with Crippen LogP contribution in [0.2, 0.25) is 0 Å². The molecule has 5 heteroatoms. The smallest absolute Gasteiger partial charge is 0.182 e. The van der Waals surface area contributed by atoms with Gasteiger partial charge in [-0.2, -0.15) is 0 Å². The van der Waals surface area contributed by atoms with Gasteiger partial charge in [0, 0.05) is 10.8 Å². The topological polar surface area (TPSA) is 18.5 Å². The van der Waals surface area contributed by atoms with E-state index in [0.717, 1.165) is 49.9 Å². The zero-order valence-electron chi connectivity index (χ0n) is 15.9. The van der Waals surface area contributed by atoms with E-state index in [1.165, 1.54) is 0 Å². The molecular formula is C22H26F2O2S. The molecule has 27 heavy (non-hydrogen) atoms. The molecule has 3 rings (SSSR count). The van der Waals surface area contributed by atoms with Crippen LogP contribution in [-0.4, -0.2) is 13.2 Å². The molecule has 0 saturated carbocycles. The van der Waals surface area contributed by atoms with Gasteiger partial charge in [0.2, 0.25) is 0 Å². The van der Waals surface area contributed by atoms with Crippen LogP contribution >= 0.6 is 11.3 Å². The summed E-state index contributed by atoms with van der Waals surface area (Å²) in [5.74, 6) is -0.344. The Labute approximate surface area is 163 Å². The molecule has 1 aromatic heterocycles. The highest BCUT2D eigenvalue weighted by Gasteiger charge is 2.18. The molecule has 0 amide bonds. The highest BCUT2D eigenvalue weighted by atomic mass is 32.1. The number of rotatable bonds is 10. The van der Waals surface area contributed by atoms with Crippen molar-refractivity contribution in [3.05, 3.63) is 35.9 Å². The highest BCUT2D eigenvalue weighted by molar-refractivity contribution is 7.25. The second kappa shape index (κ2) is 9.36. The number of thiophene rings is 1. The van der Waals surface area contributed by atoms with Crippen molar-refractivity contribution >= 4 is 31.5 Å². The largest absolute Gasteiger partial charge is 0.490 e. The van der Waals surface area contributed by atoms with Crippen LogP contribution < -0.4 is 9.47 Å². The summed E-state index contributed by atoms with van der Waals surface area (Å²) in [6.45, 7) is 5.18. The standard InChI is InChI=1S/C22H26F2O2S/c1-3-5-7-8-14-26-18-12-10-16-15-9-11-17(25-13-6-4-2)19(23)21(15)27-22(16)20(18)24/h9-12H,3-8,13-14H2,1-2H3. The molecule has 3 aromatic rings. The monoisotopic (exact) mass is 392 g/mol. The molecular weight excluding hydrogens is 366 g/mol. The van der Waals surface area contributed by atoms with Gasteiger partial charge in [0.25, 0.3) is 0 Å². The first kappa shape index (κ1) is 19.9. The molecule has 0 radical (unpaired) electrons. The van der Waals surface area contributed by atoms with E-state index >= 15 is 0 Å². The molecule has 0 unspecified atom stereocenters. The van der Waals surface area contributed by atoms with Crippen LogP contribution in [0.1, 0.15) is 52.4 Å². The Hall–Kier alpha value is -1.88. The summed E-state index contributed by atoms with van der Waals surface area (Å²) >= 11 is 1.12. The summed E-state index contributed by atoms with van der Waals surface area (Å²) in [4.78, 5) is 0. The van der Waals surface area contributed by atoms with Crippen molar-refractivity contribution in [3.63, 3.8) is 0 Å². The number of ether oxygens (including phenoxy) is 2. The average molecular weight is 393 g/mol. The normalized spacial score (nSPS) is 11.4. The SMILES string of the molecule is CCCCCCOc1ccc2c(sc3c(F)c(OCCCC)ccc32)c1F. The predicted octanol–water partition coefficient (Wildman–Crippen LogP) is 7.47. The van der Waals surface area contributed by atoms with Crippen molar-refractivity contribution in [2.24, 2.45) is 0 Å². The summed E-state index contributed by atoms with van der Waals surface area (Å²) in [5.41, 5.74) is 0. The quantitative estimate of drug-likeness (QED) is 0.333. The molecule has 0 saturated heterocycles. The Morgan fingerprint density at radius 2 is 1.22 bits per heavy atom. The first-order valence-corrected chi connectivity index (χ1v) is 10.6. The molecule has 0 aliphatic rings. The van der Waals surface area contributed by atoms with Gasteiger partial charge in [0.1, 0.15) is 0 Å². The van der Waals surface area contributed by atoms with E-state index in [1.54, 1.807) is 12.1 Å². The van der Waals surface area contributed by atoms with Crippen LogP contribution in [0.5, 0.6) is 11.5 Å². The lowest BCUT2D eigenvalue weighted by Crippen LogP contribution is -1.99. The van der Waals surface area contributed by atoms with Crippen molar-refractivity contribution in [1.82, 2.24) is 0 Å². The third-order valence-electron chi connectivity index (χ3n) is 4.63. The van der Waals surface area contributed by atoms with Crippen molar-refractivity contribution in [2.45, 2.75) is 52.4 Å². The van der Waals surface area contributed by atoms with E-state index in [-0.39, 0.29) is 11.5 Å². The summed E-state index contributed by atoms with van der Waals surface area (Å²) in [7, 11) is 0. The van der Waals surface area contributed by atoms with Crippen molar-refractivity contribution in [1.29, 1.82) is 0 Å². The number of benzene rings is 2. The second-order valence-corrected chi connectivity index (χ2v) is 7.74. The summed E-state index contributed by atoms with van der Waals surface area (Å²) < 4.78 is 41.7. The average Bonchev–Trinajstić information content (AvgIpc) is 3.06. The zero-order chi connectivity index (χ0) is 19.2. The van der Waals surface area contributed by atoms with Crippen LogP contribution in [0.25, 0.3) is 20.2 Å². The summed E-state index contributed by atoms with van der Waals surface area (Å²) in [6, 6.07) is 6.90. The molecule has 146 valence electrons. The number of hydrogen-bond donors (Lipinski definition) is 0. The first-order valence-electron chi connectivity index (χ1n) is 9.76. The van der Waals surface area contributed by atoms with E-state index in [0.29, 0.717) is 33.4 Å². The Bertz CT molecular complexity index is 904. The maximum absolute atomic E-state index is 14.9. The summed E-state index contributed by atoms with van der Waals surface area (Å²) in [6.07, 6.45) is 6.15. The number of halogens is 2. The molecule has 0 atom stereocenters. The van der Waals surface area contributed by atoms with E-state index in [2.05, 4.69) is 13.8 Å². The molecule has 1 heterocycles. The van der Waals surface area contributed by atoms with Gasteiger partial charge < -0.3 is 9.47 Å². The minimum absolute atomic E-state index is 0.232. The summed E-state index contributed by atoms with van der Waals surface area (Å²) in [5, 5.41) is 1.42. The van der Waals surface area contributed by atoms with E-state index in [9.17, 15) is 8.78 Å². The Balaban J connectivity index is 1.86. The van der Waals surface area contributed by atoms with Gasteiger partial charge in [0.05, 0.1) is 22.6 Å². The van der Waals surface area contributed by atoms with Crippen LogP contribution in [0.15, 0.2) is 24.3 Å². The fourth-order valence-electron chi connectivity index (χ4n) is 3.06. The van der Waals surface area contributed by atoms with Crippen molar-refractivity contribution in [2.75, 3.05) is 13.2 Å². The fourth-order valence-corrected chi connectivity index (χ4v) is 4.22. The van der Waals surface area contributed by atoms with Gasteiger partial charge in [-0.1, -0.05) is 39.5 Å². The Morgan fingerprint density at radius 3 is 1.74 bits per heavy atom. The van der Waals surface area contributed by atoms with Crippen molar-refractivity contribution in [3.8, 4) is 11.5 Å². The highest BCUT2D eigenvalue weighted by Crippen LogP contribution is 2.41. The lowest BCUT2D eigenvalue weighted by Gasteiger charge is -2.07. The van der Waals surface area contributed by atoms with Gasteiger partial charge >= 0.3 is 0 Å². The second-order valence-electron chi connectivity index (χ2n) is 6.72. The van der Waals surface area contributed by atoms with E-state index < -0.39 is 11.6 Å². The van der Waals surface area contributed by atoms with E-state index in [4.69, 9.17) is 9.47 Å². The lowest BCUT2D eigenvalue weighted by molar-refractivity contribution is 0.292. The third-order valence-corrected chi connectivity index (χ3v) is 5.84. The van der Waals surface area contributed by atoms with Gasteiger partial charge in [0.15, 0.2) is 23.1 Å². The first-order chi connectivity index (χ1) is 13.2. The van der Waals surface area contributed by atoms with E-state index in [1.807, 2.05) is 12.1 Å². The minimum Gasteiger partial charge on any atom is -0.490 e. The molecule has 0 bridgehead atoms. The van der Waals surface area contributed by atoms with Gasteiger partial charge in [-0.15, -0.1) is 11.3 Å². The Kier molecular flexibility index (Phi) is 6.89. The molecule has 0 fully saturated rings. The Morgan fingerprint density at radius 1 is 0.704 bits per heavy atom. The van der Waals surface area contributed by atoms with Crippen LogP contribution in [0, 0.1) is 11.6 Å². The van der Waals surface area contributed by atoms with Crippen LogP contribution in [0.4, 0.5) is 8.78 Å². The van der Waals surface area contributed by atoms with Gasteiger partial charge in [-0.25, -0.2) is 8.78 Å². The maximum Gasteiger partial charge on any atom is 0.182 e. The van der Waals surface area contributed by atoms with Crippen molar-refractivity contribution < 1.29 is 18.3 Å². The van der Waals surface area contributed by atoms with Gasteiger partial charge in [-0.05, 0) is 37.1 Å². The number of unbranched alkanes of at least 4 members (excludes halogenated alkanes) is 4. The fraction of sp³-hybridized carbons (Fsp3) is 0.455. The molecule has 0 aliphatic carbocycles. The maximum atomic E-state index is 14.9. The zero-order valence-corrected chi connectivity index (χ0v) is 16.8. The molecule has 0 N–H and O–H groups in total. The molecule has 0 spiro atoms. The molecule has 2 aromatic carbocycles. The predicted molar refractivity (Wildman–Crippen MR) is 109 cm³/mol.